The van der Waals surface area contributed by atoms with Crippen molar-refractivity contribution >= 4 is 11.9 Å². The minimum Gasteiger partial charge on any atom is -0.504 e. The third-order valence-corrected chi connectivity index (χ3v) is 5.13. The van der Waals surface area contributed by atoms with Gasteiger partial charge in [-0.05, 0) is 35.4 Å². The molecular formula is C20H18O8. The van der Waals surface area contributed by atoms with Crippen molar-refractivity contribution in [1.29, 1.82) is 0 Å². The van der Waals surface area contributed by atoms with Crippen LogP contribution in [0.25, 0.3) is 0 Å². The monoisotopic (exact) mass is 386 g/mol. The van der Waals surface area contributed by atoms with Gasteiger partial charge in [-0.15, -0.1) is 0 Å². The third-order valence-electron chi connectivity index (χ3n) is 5.13. The Morgan fingerprint density at radius 3 is 1.50 bits per heavy atom. The Balaban J connectivity index is 1.69. The molecule has 2 fully saturated rings. The van der Waals surface area contributed by atoms with Crippen LogP contribution in [0, 0.1) is 11.8 Å². The molecule has 2 aromatic rings. The lowest BCUT2D eigenvalue weighted by atomic mass is 9.84. The molecule has 0 spiro atoms. The first kappa shape index (κ1) is 18.0. The Morgan fingerprint density at radius 2 is 1.14 bits per heavy atom. The Morgan fingerprint density at radius 1 is 0.750 bits per heavy atom. The van der Waals surface area contributed by atoms with Crippen LogP contribution in [0.4, 0.5) is 0 Å². The van der Waals surface area contributed by atoms with Crippen LogP contribution in [0.1, 0.15) is 23.3 Å². The number of hydrogen-bond donors (Lipinski definition) is 2. The van der Waals surface area contributed by atoms with Gasteiger partial charge in [0.05, 0.1) is 14.2 Å². The van der Waals surface area contributed by atoms with E-state index in [4.69, 9.17) is 18.9 Å². The molecule has 2 N–H and O–H groups in total. The first-order valence-electron chi connectivity index (χ1n) is 8.59. The van der Waals surface area contributed by atoms with Crippen molar-refractivity contribution in [3.05, 3.63) is 47.5 Å². The predicted octanol–water partition coefficient (Wildman–Crippen LogP) is 2.24. The van der Waals surface area contributed by atoms with E-state index in [1.54, 1.807) is 12.1 Å². The smallest absolute Gasteiger partial charge is 0.314 e. The van der Waals surface area contributed by atoms with E-state index < -0.39 is 36.0 Å². The maximum atomic E-state index is 12.6. The van der Waals surface area contributed by atoms with Crippen molar-refractivity contribution in [2.75, 3.05) is 14.2 Å². The Bertz CT molecular complexity index is 876. The molecule has 0 amide bonds. The van der Waals surface area contributed by atoms with E-state index >= 15 is 0 Å². The minimum atomic E-state index is -0.844. The molecule has 4 atom stereocenters. The van der Waals surface area contributed by atoms with E-state index in [-0.39, 0.29) is 23.0 Å². The van der Waals surface area contributed by atoms with Crippen LogP contribution >= 0.6 is 0 Å². The van der Waals surface area contributed by atoms with E-state index in [2.05, 4.69) is 0 Å². The first-order chi connectivity index (χ1) is 13.4. The van der Waals surface area contributed by atoms with E-state index in [1.165, 1.54) is 38.5 Å². The van der Waals surface area contributed by atoms with Crippen molar-refractivity contribution in [1.82, 2.24) is 0 Å². The molecular weight excluding hydrogens is 368 g/mol. The number of cyclic esters (lactones) is 2. The van der Waals surface area contributed by atoms with Gasteiger partial charge in [-0.2, -0.15) is 0 Å². The second kappa shape index (κ2) is 6.63. The Hall–Kier alpha value is -3.42. The summed E-state index contributed by atoms with van der Waals surface area (Å²) in [5, 5.41) is 19.6. The lowest BCUT2D eigenvalue weighted by molar-refractivity contribution is -0.154. The summed E-state index contributed by atoms with van der Waals surface area (Å²) in [6, 6.07) is 9.03. The molecule has 28 heavy (non-hydrogen) atoms. The molecule has 2 aromatic carbocycles. The van der Waals surface area contributed by atoms with Crippen LogP contribution in [0.15, 0.2) is 36.4 Å². The van der Waals surface area contributed by atoms with E-state index in [9.17, 15) is 19.8 Å². The summed E-state index contributed by atoms with van der Waals surface area (Å²) < 4.78 is 21.2. The molecule has 146 valence electrons. The number of carbonyl (C=O) groups excluding carboxylic acids is 2. The zero-order chi connectivity index (χ0) is 20.0. The number of ether oxygens (including phenoxy) is 4. The highest BCUT2D eigenvalue weighted by molar-refractivity contribution is 5.89. The highest BCUT2D eigenvalue weighted by Crippen LogP contribution is 2.52. The second-order valence-electron chi connectivity index (χ2n) is 6.63. The summed E-state index contributed by atoms with van der Waals surface area (Å²) in [4.78, 5) is 25.2. The van der Waals surface area contributed by atoms with E-state index in [0.717, 1.165) is 0 Å². The average molecular weight is 386 g/mol. The lowest BCUT2D eigenvalue weighted by Crippen LogP contribution is -2.19. The number of rotatable bonds is 4. The van der Waals surface area contributed by atoms with Crippen molar-refractivity contribution in [3.8, 4) is 23.0 Å². The number of benzene rings is 2. The zero-order valence-electron chi connectivity index (χ0n) is 15.1. The average Bonchev–Trinajstić information content (AvgIpc) is 3.21. The maximum absolute atomic E-state index is 12.6. The van der Waals surface area contributed by atoms with Gasteiger partial charge in [0.1, 0.15) is 24.0 Å². The van der Waals surface area contributed by atoms with Crippen molar-refractivity contribution in [3.63, 3.8) is 0 Å². The molecule has 8 nitrogen and oxygen atoms in total. The molecule has 0 aromatic heterocycles. The molecule has 2 heterocycles. The number of methoxy groups -OCH3 is 2. The zero-order valence-corrected chi connectivity index (χ0v) is 15.1. The van der Waals surface area contributed by atoms with Crippen LogP contribution in [-0.4, -0.2) is 36.4 Å². The minimum absolute atomic E-state index is 0.0600. The topological polar surface area (TPSA) is 112 Å². The fraction of sp³-hybridized carbons (Fsp3) is 0.300. The van der Waals surface area contributed by atoms with E-state index in [0.29, 0.717) is 11.1 Å². The van der Waals surface area contributed by atoms with Crippen LogP contribution in [0.2, 0.25) is 0 Å². The molecule has 2 aliphatic heterocycles. The van der Waals surface area contributed by atoms with E-state index in [1.807, 2.05) is 0 Å². The van der Waals surface area contributed by atoms with Gasteiger partial charge in [0.25, 0.3) is 0 Å². The summed E-state index contributed by atoms with van der Waals surface area (Å²) >= 11 is 0. The summed E-state index contributed by atoms with van der Waals surface area (Å²) in [6.45, 7) is 0. The Labute approximate surface area is 160 Å². The fourth-order valence-electron chi connectivity index (χ4n) is 3.76. The standard InChI is InChI=1S/C20H18O8/c1-25-13-7-9(3-5-11(13)21)17-15-16(20(24)27-17)18(28-19(15)23)10-4-6-12(22)14(8-10)26-2/h3-8,15-18,21-22H,1-2H3/t15-,16-,17?,18?/m0/s1. The van der Waals surface area contributed by atoms with Gasteiger partial charge in [0.15, 0.2) is 23.0 Å². The number of aromatic hydroxyl groups is 2. The quantitative estimate of drug-likeness (QED) is 0.770. The number of phenols is 2. The molecule has 0 bridgehead atoms. The van der Waals surface area contributed by atoms with Crippen LogP contribution in [0.5, 0.6) is 23.0 Å². The van der Waals surface area contributed by atoms with Crippen molar-refractivity contribution in [2.45, 2.75) is 12.2 Å². The molecule has 2 saturated heterocycles. The van der Waals surface area contributed by atoms with Gasteiger partial charge in [-0.3, -0.25) is 9.59 Å². The van der Waals surface area contributed by atoms with Gasteiger partial charge in [-0.25, -0.2) is 0 Å². The third kappa shape index (κ3) is 2.69. The van der Waals surface area contributed by atoms with Crippen LogP contribution in [-0.2, 0) is 19.1 Å². The fourth-order valence-corrected chi connectivity index (χ4v) is 3.76. The highest BCUT2D eigenvalue weighted by atomic mass is 16.6. The van der Waals surface area contributed by atoms with Gasteiger partial charge in [0, 0.05) is 0 Å². The van der Waals surface area contributed by atoms with Gasteiger partial charge >= 0.3 is 11.9 Å². The molecule has 0 radical (unpaired) electrons. The molecule has 0 aliphatic carbocycles. The van der Waals surface area contributed by atoms with Gasteiger partial charge < -0.3 is 29.2 Å². The number of carbonyl (C=O) groups is 2. The molecule has 4 rings (SSSR count). The number of fused-ring (bicyclic) bond motifs is 1. The lowest BCUT2D eigenvalue weighted by Gasteiger charge is -2.16. The summed E-state index contributed by atoms with van der Waals surface area (Å²) in [5.74, 6) is -2.45. The summed E-state index contributed by atoms with van der Waals surface area (Å²) in [7, 11) is 2.81. The van der Waals surface area contributed by atoms with Crippen LogP contribution < -0.4 is 9.47 Å². The summed E-state index contributed by atoms with van der Waals surface area (Å²) in [6.07, 6.45) is -1.69. The molecule has 2 aliphatic rings. The van der Waals surface area contributed by atoms with Crippen LogP contribution in [0.3, 0.4) is 0 Å². The molecule has 8 heteroatoms. The predicted molar refractivity (Wildman–Crippen MR) is 94.0 cm³/mol. The van der Waals surface area contributed by atoms with Crippen molar-refractivity contribution < 1.29 is 38.7 Å². The van der Waals surface area contributed by atoms with Gasteiger partial charge in [0.2, 0.25) is 0 Å². The SMILES string of the molecule is COc1cc(C2OC(=O)[C@@H]3C(c4ccc(O)c(OC)c4)OC(=O)[C@H]23)ccc1O. The molecule has 2 unspecified atom stereocenters. The van der Waals surface area contributed by atoms with Crippen molar-refractivity contribution in [2.24, 2.45) is 11.8 Å². The second-order valence-corrected chi connectivity index (χ2v) is 6.63. The normalized spacial score (nSPS) is 25.8. The van der Waals surface area contributed by atoms with Gasteiger partial charge in [-0.1, -0.05) is 12.1 Å². The maximum Gasteiger partial charge on any atom is 0.314 e. The summed E-state index contributed by atoms with van der Waals surface area (Å²) in [5.41, 5.74) is 1.05. The number of hydrogen-bond acceptors (Lipinski definition) is 8. The number of esters is 2. The largest absolute Gasteiger partial charge is 0.504 e. The first-order valence-corrected chi connectivity index (χ1v) is 8.59. The highest BCUT2D eigenvalue weighted by Gasteiger charge is 2.60. The Kier molecular flexibility index (Phi) is 4.26. The number of phenolic OH excluding ortho intramolecular Hbond substituents is 2. The molecule has 0 saturated carbocycles.